The van der Waals surface area contributed by atoms with Crippen LogP contribution in [0.1, 0.15) is 46.0 Å². The summed E-state index contributed by atoms with van der Waals surface area (Å²) in [6, 6.07) is 0. The van der Waals surface area contributed by atoms with E-state index < -0.39 is 0 Å². The van der Waals surface area contributed by atoms with Gasteiger partial charge in [0.2, 0.25) is 11.8 Å². The monoisotopic (exact) mass is 286 g/mol. The molecule has 0 aromatic heterocycles. The van der Waals surface area contributed by atoms with Crippen LogP contribution in [0.5, 0.6) is 0 Å². The molecule has 0 atom stereocenters. The third-order valence-electron chi connectivity index (χ3n) is 2.89. The highest BCUT2D eigenvalue weighted by Gasteiger charge is 2.14. The van der Waals surface area contributed by atoms with Gasteiger partial charge in [-0.1, -0.05) is 13.3 Å². The minimum atomic E-state index is -0.319. The van der Waals surface area contributed by atoms with Crippen LogP contribution in [0.3, 0.4) is 0 Å². The molecule has 0 aromatic carbocycles. The molecule has 0 aliphatic rings. The smallest absolute Gasteiger partial charge is 0.307 e. The summed E-state index contributed by atoms with van der Waals surface area (Å²) in [5, 5.41) is 2.69. The second-order valence-electron chi connectivity index (χ2n) is 4.65. The Bertz CT molecular complexity index is 318. The lowest BCUT2D eigenvalue weighted by atomic mass is 10.2. The van der Waals surface area contributed by atoms with E-state index >= 15 is 0 Å². The van der Waals surface area contributed by atoms with Gasteiger partial charge in [0, 0.05) is 33.0 Å². The third-order valence-corrected chi connectivity index (χ3v) is 2.89. The number of ether oxygens (including phenoxy) is 1. The number of rotatable bonds is 10. The summed E-state index contributed by atoms with van der Waals surface area (Å²) < 4.78 is 4.58. The van der Waals surface area contributed by atoms with E-state index in [1.807, 2.05) is 6.92 Å². The van der Waals surface area contributed by atoms with Crippen molar-refractivity contribution in [3.63, 3.8) is 0 Å². The van der Waals surface area contributed by atoms with Crippen molar-refractivity contribution in [1.29, 1.82) is 0 Å². The van der Waals surface area contributed by atoms with E-state index in [4.69, 9.17) is 0 Å². The molecule has 0 heterocycles. The zero-order chi connectivity index (χ0) is 15.4. The van der Waals surface area contributed by atoms with Crippen molar-refractivity contribution in [1.82, 2.24) is 10.2 Å². The van der Waals surface area contributed by atoms with Crippen molar-refractivity contribution in [2.45, 2.75) is 46.0 Å². The van der Waals surface area contributed by atoms with Crippen LogP contribution in [0.15, 0.2) is 0 Å². The van der Waals surface area contributed by atoms with Gasteiger partial charge in [0.1, 0.15) is 0 Å². The maximum Gasteiger partial charge on any atom is 0.307 e. The van der Waals surface area contributed by atoms with Crippen molar-refractivity contribution in [2.75, 3.05) is 26.7 Å². The fourth-order valence-electron chi connectivity index (χ4n) is 1.71. The molecular formula is C14H26N2O4. The molecule has 0 aliphatic carbocycles. The lowest BCUT2D eigenvalue weighted by Gasteiger charge is -2.22. The molecule has 116 valence electrons. The van der Waals surface area contributed by atoms with Gasteiger partial charge in [0.15, 0.2) is 0 Å². The lowest BCUT2D eigenvalue weighted by molar-refractivity contribution is -0.141. The molecule has 6 heteroatoms. The molecule has 6 nitrogen and oxygen atoms in total. The van der Waals surface area contributed by atoms with Crippen molar-refractivity contribution in [2.24, 2.45) is 0 Å². The van der Waals surface area contributed by atoms with Crippen LogP contribution in [0, 0.1) is 0 Å². The molecule has 20 heavy (non-hydrogen) atoms. The Hall–Kier alpha value is -1.59. The summed E-state index contributed by atoms with van der Waals surface area (Å²) in [7, 11) is 1.34. The molecule has 0 fully saturated rings. The first-order chi connectivity index (χ1) is 9.51. The van der Waals surface area contributed by atoms with Crippen LogP contribution in [-0.4, -0.2) is 49.4 Å². The largest absolute Gasteiger partial charge is 0.469 e. The topological polar surface area (TPSA) is 75.7 Å². The molecule has 0 rings (SSSR count). The highest BCUT2D eigenvalue weighted by atomic mass is 16.5. The molecule has 0 aliphatic heterocycles. The molecule has 0 saturated heterocycles. The maximum atomic E-state index is 12.0. The molecule has 1 N–H and O–H groups in total. The Morgan fingerprint density at radius 3 is 2.35 bits per heavy atom. The number of amides is 2. The van der Waals surface area contributed by atoms with E-state index in [1.165, 1.54) is 14.0 Å². The summed E-state index contributed by atoms with van der Waals surface area (Å²) in [6.07, 6.45) is 3.19. The minimum absolute atomic E-state index is 0.0542. The number of carbonyl (C=O) groups is 3. The van der Waals surface area contributed by atoms with Crippen LogP contribution in [-0.2, 0) is 19.1 Å². The van der Waals surface area contributed by atoms with E-state index in [-0.39, 0.29) is 24.2 Å². The second kappa shape index (κ2) is 11.3. The molecule has 2 amide bonds. The third kappa shape index (κ3) is 9.35. The first kappa shape index (κ1) is 18.4. The quantitative estimate of drug-likeness (QED) is 0.482. The number of esters is 1. The zero-order valence-electron chi connectivity index (χ0n) is 12.7. The number of hydrogen-bond donors (Lipinski definition) is 1. The molecule has 0 unspecified atom stereocenters. The average molecular weight is 286 g/mol. The predicted molar refractivity (Wildman–Crippen MR) is 76.0 cm³/mol. The van der Waals surface area contributed by atoms with Gasteiger partial charge in [-0.25, -0.2) is 0 Å². The SMILES string of the molecule is CCCCC(=O)N(CCCNC(C)=O)CCC(=O)OC. The van der Waals surface area contributed by atoms with E-state index in [0.717, 1.165) is 12.8 Å². The van der Waals surface area contributed by atoms with E-state index in [9.17, 15) is 14.4 Å². The van der Waals surface area contributed by atoms with E-state index in [1.54, 1.807) is 4.90 Å². The van der Waals surface area contributed by atoms with Gasteiger partial charge in [-0.15, -0.1) is 0 Å². The van der Waals surface area contributed by atoms with Gasteiger partial charge in [-0.3, -0.25) is 14.4 Å². The van der Waals surface area contributed by atoms with Crippen LogP contribution in [0.2, 0.25) is 0 Å². The van der Waals surface area contributed by atoms with Gasteiger partial charge in [0.25, 0.3) is 0 Å². The molecule has 0 bridgehead atoms. The molecule has 0 spiro atoms. The first-order valence-corrected chi connectivity index (χ1v) is 7.10. The summed E-state index contributed by atoms with van der Waals surface area (Å²) in [5.74, 6) is -0.345. The van der Waals surface area contributed by atoms with E-state index in [2.05, 4.69) is 10.1 Å². The number of nitrogens with one attached hydrogen (secondary N) is 1. The van der Waals surface area contributed by atoms with Gasteiger partial charge in [0.05, 0.1) is 13.5 Å². The summed E-state index contributed by atoms with van der Waals surface area (Å²) in [6.45, 7) is 4.94. The van der Waals surface area contributed by atoms with Gasteiger partial charge in [-0.2, -0.15) is 0 Å². The summed E-state index contributed by atoms with van der Waals surface area (Å²) in [4.78, 5) is 35.6. The average Bonchev–Trinajstić information content (AvgIpc) is 2.43. The highest BCUT2D eigenvalue weighted by Crippen LogP contribution is 2.03. The number of unbranched alkanes of at least 4 members (excludes halogenated alkanes) is 1. The van der Waals surface area contributed by atoms with Crippen LogP contribution in [0.25, 0.3) is 0 Å². The lowest BCUT2D eigenvalue weighted by Crippen LogP contribution is -2.35. The van der Waals surface area contributed by atoms with Crippen molar-refractivity contribution in [3.05, 3.63) is 0 Å². The van der Waals surface area contributed by atoms with Crippen LogP contribution in [0.4, 0.5) is 0 Å². The molecule has 0 aromatic rings. The fourth-order valence-corrected chi connectivity index (χ4v) is 1.71. The molecule has 0 radical (unpaired) electrons. The van der Waals surface area contributed by atoms with Crippen LogP contribution < -0.4 is 5.32 Å². The Labute approximate surface area is 120 Å². The molecule has 0 saturated carbocycles. The van der Waals surface area contributed by atoms with Crippen molar-refractivity contribution >= 4 is 17.8 Å². The maximum absolute atomic E-state index is 12.0. The van der Waals surface area contributed by atoms with Gasteiger partial charge >= 0.3 is 5.97 Å². The first-order valence-electron chi connectivity index (χ1n) is 7.10. The zero-order valence-corrected chi connectivity index (χ0v) is 12.7. The number of methoxy groups -OCH3 is 1. The fraction of sp³-hybridized carbons (Fsp3) is 0.786. The van der Waals surface area contributed by atoms with Crippen LogP contribution >= 0.6 is 0 Å². The van der Waals surface area contributed by atoms with Gasteiger partial charge < -0.3 is 15.0 Å². The second-order valence-corrected chi connectivity index (χ2v) is 4.65. The summed E-state index contributed by atoms with van der Waals surface area (Å²) >= 11 is 0. The van der Waals surface area contributed by atoms with E-state index in [0.29, 0.717) is 32.5 Å². The predicted octanol–water partition coefficient (Wildman–Crippen LogP) is 1.09. The standard InChI is InChI=1S/C14H26N2O4/c1-4-5-7-13(18)16(11-8-14(19)20-3)10-6-9-15-12(2)17/h4-11H2,1-3H3,(H,15,17). The Morgan fingerprint density at radius 2 is 1.80 bits per heavy atom. The van der Waals surface area contributed by atoms with Crippen molar-refractivity contribution in [3.8, 4) is 0 Å². The number of nitrogens with zero attached hydrogens (tertiary/aromatic N) is 1. The Kier molecular flexibility index (Phi) is 10.4. The van der Waals surface area contributed by atoms with Gasteiger partial charge in [-0.05, 0) is 12.8 Å². The molecular weight excluding hydrogens is 260 g/mol. The normalized spacial score (nSPS) is 9.95. The summed E-state index contributed by atoms with van der Waals surface area (Å²) in [5.41, 5.74) is 0. The minimum Gasteiger partial charge on any atom is -0.469 e. The Balaban J connectivity index is 4.19. The number of carbonyl (C=O) groups excluding carboxylic acids is 3. The van der Waals surface area contributed by atoms with Crippen molar-refractivity contribution < 1.29 is 19.1 Å². The number of hydrogen-bond acceptors (Lipinski definition) is 4. The highest BCUT2D eigenvalue weighted by molar-refractivity contribution is 5.77. The Morgan fingerprint density at radius 1 is 1.10 bits per heavy atom.